The van der Waals surface area contributed by atoms with Gasteiger partial charge in [-0.3, -0.25) is 4.79 Å². The molecule has 1 heterocycles. The van der Waals surface area contributed by atoms with E-state index >= 15 is 0 Å². The van der Waals surface area contributed by atoms with Gasteiger partial charge < -0.3 is 5.32 Å². The van der Waals surface area contributed by atoms with Crippen LogP contribution in [0.5, 0.6) is 0 Å². The number of nitrogens with zero attached hydrogens (tertiary/aromatic N) is 2. The Morgan fingerprint density at radius 1 is 1.44 bits per heavy atom. The van der Waals surface area contributed by atoms with Gasteiger partial charge >= 0.3 is 0 Å². The van der Waals surface area contributed by atoms with E-state index in [1.807, 2.05) is 25.6 Å². The highest BCUT2D eigenvalue weighted by molar-refractivity contribution is 8.00. The summed E-state index contributed by atoms with van der Waals surface area (Å²) in [6.45, 7) is 11.2. The summed E-state index contributed by atoms with van der Waals surface area (Å²) in [5.74, 6) is 0.896. The third-order valence-electron chi connectivity index (χ3n) is 2.16. The summed E-state index contributed by atoms with van der Waals surface area (Å²) in [6.07, 6.45) is 1.71. The molecule has 1 rings (SSSR count). The molecule has 1 aromatic heterocycles. The summed E-state index contributed by atoms with van der Waals surface area (Å²) in [5.41, 5.74) is 0.741. The smallest absolute Gasteiger partial charge is 0.268 e. The number of hydrogen-bond donors (Lipinski definition) is 1. The van der Waals surface area contributed by atoms with Crippen LogP contribution in [0.1, 0.15) is 34.6 Å². The Kier molecular flexibility index (Phi) is 5.26. The Labute approximate surface area is 113 Å². The molecule has 0 atom stereocenters. The molecular weight excluding hydrogens is 246 g/mol. The minimum Gasteiger partial charge on any atom is -0.381 e. The molecule has 0 spiro atoms. The SMILES string of the molecule is CC(C)Nc1cnn(CCSC(C)(C)C)c(=O)c1. The standard InChI is InChI=1S/C13H23N3OS/c1-10(2)15-11-8-12(17)16(14-9-11)6-7-18-13(3,4)5/h8-10,15H,6-7H2,1-5H3. The van der Waals surface area contributed by atoms with E-state index in [1.54, 1.807) is 12.3 Å². The van der Waals surface area contributed by atoms with Crippen LogP contribution < -0.4 is 10.9 Å². The summed E-state index contributed by atoms with van der Waals surface area (Å²) in [7, 11) is 0. The zero-order chi connectivity index (χ0) is 13.8. The zero-order valence-electron chi connectivity index (χ0n) is 11.9. The van der Waals surface area contributed by atoms with Crippen LogP contribution in [0.15, 0.2) is 17.1 Å². The molecule has 102 valence electrons. The molecule has 0 radical (unpaired) electrons. The second kappa shape index (κ2) is 6.27. The lowest BCUT2D eigenvalue weighted by molar-refractivity contribution is 0.619. The quantitative estimate of drug-likeness (QED) is 0.892. The fourth-order valence-electron chi connectivity index (χ4n) is 1.45. The first-order chi connectivity index (χ1) is 8.28. The molecule has 1 N–H and O–H groups in total. The van der Waals surface area contributed by atoms with Gasteiger partial charge in [-0.05, 0) is 13.8 Å². The first kappa shape index (κ1) is 15.1. The van der Waals surface area contributed by atoms with E-state index in [-0.39, 0.29) is 10.3 Å². The molecule has 0 aliphatic carbocycles. The van der Waals surface area contributed by atoms with Crippen molar-refractivity contribution >= 4 is 17.4 Å². The summed E-state index contributed by atoms with van der Waals surface area (Å²) in [5, 5.41) is 7.35. The van der Waals surface area contributed by atoms with Crippen molar-refractivity contribution in [2.45, 2.75) is 52.0 Å². The average Bonchev–Trinajstić information content (AvgIpc) is 2.18. The lowest BCUT2D eigenvalue weighted by atomic mass is 10.3. The van der Waals surface area contributed by atoms with Gasteiger partial charge in [-0.25, -0.2) is 4.68 Å². The Hall–Kier alpha value is -0.970. The molecule has 0 saturated carbocycles. The molecule has 0 saturated heterocycles. The fourth-order valence-corrected chi connectivity index (χ4v) is 2.33. The van der Waals surface area contributed by atoms with Crippen LogP contribution >= 0.6 is 11.8 Å². The Morgan fingerprint density at radius 2 is 2.11 bits per heavy atom. The van der Waals surface area contributed by atoms with Crippen LogP contribution in [0.2, 0.25) is 0 Å². The summed E-state index contributed by atoms with van der Waals surface area (Å²) < 4.78 is 1.74. The second-order valence-corrected chi connectivity index (χ2v) is 7.49. The predicted octanol–water partition coefficient (Wildman–Crippen LogP) is 2.60. The predicted molar refractivity (Wildman–Crippen MR) is 79.5 cm³/mol. The first-order valence-corrected chi connectivity index (χ1v) is 7.24. The van der Waals surface area contributed by atoms with Crippen LogP contribution in [0.25, 0.3) is 0 Å². The molecule has 0 aliphatic heterocycles. The van der Waals surface area contributed by atoms with Crippen LogP contribution in [0.4, 0.5) is 5.69 Å². The van der Waals surface area contributed by atoms with E-state index in [4.69, 9.17) is 0 Å². The lowest BCUT2D eigenvalue weighted by Gasteiger charge is -2.17. The highest BCUT2D eigenvalue weighted by Gasteiger charge is 2.10. The summed E-state index contributed by atoms with van der Waals surface area (Å²) >= 11 is 1.84. The monoisotopic (exact) mass is 269 g/mol. The maximum absolute atomic E-state index is 11.8. The van der Waals surface area contributed by atoms with Crippen molar-refractivity contribution in [3.63, 3.8) is 0 Å². The normalized spacial score (nSPS) is 11.9. The van der Waals surface area contributed by atoms with E-state index in [2.05, 4.69) is 31.2 Å². The van der Waals surface area contributed by atoms with E-state index in [9.17, 15) is 4.79 Å². The van der Waals surface area contributed by atoms with Gasteiger partial charge in [0, 0.05) is 22.6 Å². The van der Waals surface area contributed by atoms with Crippen LogP contribution in [-0.4, -0.2) is 26.3 Å². The van der Waals surface area contributed by atoms with E-state index in [0.29, 0.717) is 12.6 Å². The number of aromatic nitrogens is 2. The molecule has 1 aromatic rings. The summed E-state index contributed by atoms with van der Waals surface area (Å²) in [6, 6.07) is 1.91. The van der Waals surface area contributed by atoms with Gasteiger partial charge in [-0.15, -0.1) is 0 Å². The molecule has 0 fully saturated rings. The maximum atomic E-state index is 11.8. The van der Waals surface area contributed by atoms with Crippen molar-refractivity contribution in [1.29, 1.82) is 0 Å². The number of nitrogens with one attached hydrogen (secondary N) is 1. The average molecular weight is 269 g/mol. The minimum atomic E-state index is -0.0461. The lowest BCUT2D eigenvalue weighted by Crippen LogP contribution is -2.25. The van der Waals surface area contributed by atoms with Crippen LogP contribution in [0, 0.1) is 0 Å². The molecular formula is C13H23N3OS. The second-order valence-electron chi connectivity index (χ2n) is 5.57. The number of anilines is 1. The van der Waals surface area contributed by atoms with E-state index in [0.717, 1.165) is 11.4 Å². The Bertz CT molecular complexity index is 435. The molecule has 4 nitrogen and oxygen atoms in total. The van der Waals surface area contributed by atoms with Crippen molar-refractivity contribution < 1.29 is 0 Å². The molecule has 0 aliphatic rings. The number of thioether (sulfide) groups is 1. The van der Waals surface area contributed by atoms with Crippen LogP contribution in [-0.2, 0) is 6.54 Å². The highest BCUT2D eigenvalue weighted by atomic mass is 32.2. The highest BCUT2D eigenvalue weighted by Crippen LogP contribution is 2.22. The van der Waals surface area contributed by atoms with Crippen molar-refractivity contribution in [3.05, 3.63) is 22.6 Å². The maximum Gasteiger partial charge on any atom is 0.268 e. The zero-order valence-corrected chi connectivity index (χ0v) is 12.7. The third kappa shape index (κ3) is 5.58. The van der Waals surface area contributed by atoms with E-state index < -0.39 is 0 Å². The molecule has 0 amide bonds. The molecule has 5 heteroatoms. The molecule has 18 heavy (non-hydrogen) atoms. The van der Waals surface area contributed by atoms with Crippen molar-refractivity contribution in [1.82, 2.24) is 9.78 Å². The van der Waals surface area contributed by atoms with Crippen molar-refractivity contribution in [3.8, 4) is 0 Å². The Morgan fingerprint density at radius 3 is 2.61 bits per heavy atom. The van der Waals surface area contributed by atoms with Gasteiger partial charge in [-0.2, -0.15) is 16.9 Å². The van der Waals surface area contributed by atoms with E-state index in [1.165, 1.54) is 4.68 Å². The van der Waals surface area contributed by atoms with Crippen molar-refractivity contribution in [2.24, 2.45) is 0 Å². The van der Waals surface area contributed by atoms with Gasteiger partial charge in [0.2, 0.25) is 0 Å². The van der Waals surface area contributed by atoms with Crippen LogP contribution in [0.3, 0.4) is 0 Å². The third-order valence-corrected chi connectivity index (χ3v) is 3.42. The van der Waals surface area contributed by atoms with Gasteiger partial charge in [0.1, 0.15) is 0 Å². The topological polar surface area (TPSA) is 46.9 Å². The first-order valence-electron chi connectivity index (χ1n) is 6.25. The van der Waals surface area contributed by atoms with Gasteiger partial charge in [0.25, 0.3) is 5.56 Å². The van der Waals surface area contributed by atoms with Crippen molar-refractivity contribution in [2.75, 3.05) is 11.1 Å². The number of rotatable bonds is 5. The molecule has 0 bridgehead atoms. The summed E-state index contributed by atoms with van der Waals surface area (Å²) in [4.78, 5) is 11.8. The Balaban J connectivity index is 2.60. The van der Waals surface area contributed by atoms with Gasteiger partial charge in [-0.1, -0.05) is 20.8 Å². The number of hydrogen-bond acceptors (Lipinski definition) is 4. The molecule has 0 aromatic carbocycles. The number of aryl methyl sites for hydroxylation is 1. The largest absolute Gasteiger partial charge is 0.381 e. The van der Waals surface area contributed by atoms with Gasteiger partial charge in [0.05, 0.1) is 18.4 Å². The molecule has 0 unspecified atom stereocenters. The van der Waals surface area contributed by atoms with Gasteiger partial charge in [0.15, 0.2) is 0 Å². The fraction of sp³-hybridized carbons (Fsp3) is 0.692. The minimum absolute atomic E-state index is 0.0461.